The second kappa shape index (κ2) is 5.62. The zero-order chi connectivity index (χ0) is 13.9. The highest BCUT2D eigenvalue weighted by molar-refractivity contribution is 6.18. The summed E-state index contributed by atoms with van der Waals surface area (Å²) in [4.78, 5) is 12.1. The number of rotatable bonds is 4. The smallest absolute Gasteiger partial charge is 0.224 e. The molecule has 3 heteroatoms. The fraction of sp³-hybridized carbons (Fsp3) is 0.312. The van der Waals surface area contributed by atoms with Gasteiger partial charge in [0.15, 0.2) is 0 Å². The van der Waals surface area contributed by atoms with Crippen molar-refractivity contribution < 1.29 is 4.79 Å². The summed E-state index contributed by atoms with van der Waals surface area (Å²) >= 11 is 5.82. The monoisotopic (exact) mass is 275 g/mol. The predicted octanol–water partition coefficient (Wildman–Crippen LogP) is 3.52. The second-order valence-corrected chi connectivity index (χ2v) is 5.65. The fourth-order valence-corrected chi connectivity index (χ4v) is 2.14. The van der Waals surface area contributed by atoms with E-state index in [-0.39, 0.29) is 11.4 Å². The Kier molecular flexibility index (Phi) is 4.11. The van der Waals surface area contributed by atoms with Gasteiger partial charge >= 0.3 is 0 Å². The lowest BCUT2D eigenvalue weighted by Crippen LogP contribution is -2.45. The molecule has 1 N–H and O–H groups in total. The molecule has 0 aliphatic heterocycles. The van der Waals surface area contributed by atoms with E-state index in [1.807, 2.05) is 44.2 Å². The number of fused-ring (bicyclic) bond motifs is 1. The lowest BCUT2D eigenvalue weighted by Gasteiger charge is -2.23. The standard InChI is InChI=1S/C16H18ClNO/c1-16(2,11-17)18-15(19)10-13-8-5-7-12-6-3-4-9-14(12)13/h3-9H,10-11H2,1-2H3,(H,18,19). The summed E-state index contributed by atoms with van der Waals surface area (Å²) in [7, 11) is 0. The highest BCUT2D eigenvalue weighted by atomic mass is 35.5. The van der Waals surface area contributed by atoms with Crippen LogP contribution in [0.2, 0.25) is 0 Å². The number of hydrogen-bond donors (Lipinski definition) is 1. The Morgan fingerprint density at radius 2 is 1.84 bits per heavy atom. The van der Waals surface area contributed by atoms with Crippen molar-refractivity contribution in [1.82, 2.24) is 5.32 Å². The largest absolute Gasteiger partial charge is 0.350 e. The third-order valence-electron chi connectivity index (χ3n) is 3.04. The van der Waals surface area contributed by atoms with E-state index in [9.17, 15) is 4.79 Å². The molecule has 0 heterocycles. The predicted molar refractivity (Wildman–Crippen MR) is 80.6 cm³/mol. The van der Waals surface area contributed by atoms with Crippen molar-refractivity contribution in [2.75, 3.05) is 5.88 Å². The van der Waals surface area contributed by atoms with Crippen molar-refractivity contribution in [2.45, 2.75) is 25.8 Å². The third-order valence-corrected chi connectivity index (χ3v) is 3.71. The van der Waals surface area contributed by atoms with Gasteiger partial charge in [-0.25, -0.2) is 0 Å². The van der Waals surface area contributed by atoms with Crippen LogP contribution in [0.3, 0.4) is 0 Å². The molecule has 2 rings (SSSR count). The molecule has 0 aliphatic rings. The van der Waals surface area contributed by atoms with Crippen LogP contribution in [-0.4, -0.2) is 17.3 Å². The van der Waals surface area contributed by atoms with Crippen LogP contribution in [0, 0.1) is 0 Å². The number of benzene rings is 2. The maximum absolute atomic E-state index is 12.1. The molecule has 0 spiro atoms. The second-order valence-electron chi connectivity index (χ2n) is 5.38. The normalized spacial score (nSPS) is 11.5. The number of alkyl halides is 1. The maximum atomic E-state index is 12.1. The van der Waals surface area contributed by atoms with Gasteiger partial charge in [-0.3, -0.25) is 4.79 Å². The molecule has 0 saturated carbocycles. The van der Waals surface area contributed by atoms with E-state index in [1.54, 1.807) is 0 Å². The minimum atomic E-state index is -0.372. The molecule has 100 valence electrons. The molecular formula is C16H18ClNO. The van der Waals surface area contributed by atoms with Crippen molar-refractivity contribution in [3.05, 3.63) is 48.0 Å². The minimum Gasteiger partial charge on any atom is -0.350 e. The Labute approximate surface area is 118 Å². The molecule has 2 nitrogen and oxygen atoms in total. The Balaban J connectivity index is 2.20. The highest BCUT2D eigenvalue weighted by Gasteiger charge is 2.19. The van der Waals surface area contributed by atoms with Crippen molar-refractivity contribution >= 4 is 28.3 Å². The van der Waals surface area contributed by atoms with E-state index in [1.165, 1.54) is 0 Å². The number of hydrogen-bond acceptors (Lipinski definition) is 1. The molecule has 0 saturated heterocycles. The van der Waals surface area contributed by atoms with Gasteiger partial charge in [0.25, 0.3) is 0 Å². The molecule has 0 unspecified atom stereocenters. The van der Waals surface area contributed by atoms with Crippen LogP contribution in [-0.2, 0) is 11.2 Å². The summed E-state index contributed by atoms with van der Waals surface area (Å²) in [6, 6.07) is 14.1. The number of carbonyl (C=O) groups is 1. The van der Waals surface area contributed by atoms with E-state index < -0.39 is 0 Å². The lowest BCUT2D eigenvalue weighted by atomic mass is 10.0. The molecule has 19 heavy (non-hydrogen) atoms. The summed E-state index contributed by atoms with van der Waals surface area (Å²) in [6.07, 6.45) is 0.377. The summed E-state index contributed by atoms with van der Waals surface area (Å²) in [5.74, 6) is 0.399. The van der Waals surface area contributed by atoms with Crippen LogP contribution in [0.4, 0.5) is 0 Å². The van der Waals surface area contributed by atoms with E-state index in [0.29, 0.717) is 12.3 Å². The molecule has 2 aromatic carbocycles. The summed E-state index contributed by atoms with van der Waals surface area (Å²) in [5.41, 5.74) is 0.671. The Morgan fingerprint density at radius 1 is 1.16 bits per heavy atom. The Hall–Kier alpha value is -1.54. The molecule has 0 radical (unpaired) electrons. The first-order chi connectivity index (χ1) is 9.02. The Morgan fingerprint density at radius 3 is 2.58 bits per heavy atom. The molecule has 1 amide bonds. The zero-order valence-corrected chi connectivity index (χ0v) is 12.0. The van der Waals surface area contributed by atoms with Crippen LogP contribution in [0.1, 0.15) is 19.4 Å². The van der Waals surface area contributed by atoms with Crippen molar-refractivity contribution in [3.8, 4) is 0 Å². The van der Waals surface area contributed by atoms with Gasteiger partial charge in [-0.2, -0.15) is 0 Å². The van der Waals surface area contributed by atoms with E-state index >= 15 is 0 Å². The summed E-state index contributed by atoms with van der Waals surface area (Å²) in [6.45, 7) is 3.84. The summed E-state index contributed by atoms with van der Waals surface area (Å²) < 4.78 is 0. The average Bonchev–Trinajstić information content (AvgIpc) is 2.38. The van der Waals surface area contributed by atoms with Gasteiger partial charge < -0.3 is 5.32 Å². The number of carbonyl (C=O) groups excluding carboxylic acids is 1. The highest BCUT2D eigenvalue weighted by Crippen LogP contribution is 2.19. The molecule has 0 aliphatic carbocycles. The van der Waals surface area contributed by atoms with Crippen molar-refractivity contribution in [3.63, 3.8) is 0 Å². The first-order valence-electron chi connectivity index (χ1n) is 6.35. The number of halogens is 1. The van der Waals surface area contributed by atoms with Crippen LogP contribution in [0.5, 0.6) is 0 Å². The quantitative estimate of drug-likeness (QED) is 0.850. The zero-order valence-electron chi connectivity index (χ0n) is 11.2. The molecule has 0 bridgehead atoms. The summed E-state index contributed by atoms with van der Waals surface area (Å²) in [5, 5.41) is 5.23. The fourth-order valence-electron chi connectivity index (χ4n) is 2.07. The van der Waals surface area contributed by atoms with Gasteiger partial charge in [0.05, 0.1) is 6.42 Å². The van der Waals surface area contributed by atoms with Crippen LogP contribution in [0.15, 0.2) is 42.5 Å². The maximum Gasteiger partial charge on any atom is 0.224 e. The van der Waals surface area contributed by atoms with Crippen LogP contribution in [0.25, 0.3) is 10.8 Å². The van der Waals surface area contributed by atoms with E-state index in [2.05, 4.69) is 17.4 Å². The van der Waals surface area contributed by atoms with Gasteiger partial charge in [0.1, 0.15) is 0 Å². The molecule has 0 atom stereocenters. The van der Waals surface area contributed by atoms with Gasteiger partial charge in [-0.05, 0) is 30.2 Å². The third kappa shape index (κ3) is 3.48. The Bertz CT molecular complexity index is 587. The first-order valence-corrected chi connectivity index (χ1v) is 6.89. The van der Waals surface area contributed by atoms with E-state index in [0.717, 1.165) is 16.3 Å². The molecule has 0 aromatic heterocycles. The first kappa shape index (κ1) is 13.9. The lowest BCUT2D eigenvalue weighted by molar-refractivity contribution is -0.121. The van der Waals surface area contributed by atoms with Gasteiger partial charge in [-0.15, -0.1) is 11.6 Å². The molecule has 2 aromatic rings. The van der Waals surface area contributed by atoms with Crippen LogP contribution < -0.4 is 5.32 Å². The molecular weight excluding hydrogens is 258 g/mol. The molecule has 0 fully saturated rings. The van der Waals surface area contributed by atoms with Crippen molar-refractivity contribution in [2.24, 2.45) is 0 Å². The SMILES string of the molecule is CC(C)(CCl)NC(=O)Cc1cccc2ccccc12. The minimum absolute atomic E-state index is 0.00185. The van der Waals surface area contributed by atoms with Gasteiger partial charge in [-0.1, -0.05) is 42.5 Å². The van der Waals surface area contributed by atoms with Gasteiger partial charge in [0.2, 0.25) is 5.91 Å². The van der Waals surface area contributed by atoms with E-state index in [4.69, 9.17) is 11.6 Å². The number of amides is 1. The number of nitrogens with one attached hydrogen (secondary N) is 1. The van der Waals surface area contributed by atoms with Crippen molar-refractivity contribution in [1.29, 1.82) is 0 Å². The van der Waals surface area contributed by atoms with Gasteiger partial charge in [0, 0.05) is 11.4 Å². The average molecular weight is 276 g/mol. The topological polar surface area (TPSA) is 29.1 Å². The van der Waals surface area contributed by atoms with Crippen LogP contribution >= 0.6 is 11.6 Å².